The first-order valence-electron chi connectivity index (χ1n) is 7.79. The van der Waals surface area contributed by atoms with Crippen LogP contribution in [0.5, 0.6) is 0 Å². The van der Waals surface area contributed by atoms with Gasteiger partial charge in [0.15, 0.2) is 6.29 Å². The van der Waals surface area contributed by atoms with Crippen LogP contribution < -0.4 is 0 Å². The fourth-order valence-corrected chi connectivity index (χ4v) is 2.29. The van der Waals surface area contributed by atoms with Crippen LogP contribution in [0.3, 0.4) is 0 Å². The van der Waals surface area contributed by atoms with E-state index < -0.39 is 0 Å². The van der Waals surface area contributed by atoms with E-state index in [1.165, 1.54) is 17.5 Å². The van der Waals surface area contributed by atoms with Gasteiger partial charge < -0.3 is 18.9 Å². The standard InChI is InChI=1S/C17H26O4/c1-15-5-4-6-16(13-15)14-19-10-9-18-11-12-21-17-7-2-3-8-20-17/h4-6,13,17H,2-3,7-12,14H2,1H3. The summed E-state index contributed by atoms with van der Waals surface area (Å²) < 4.78 is 22.1. The van der Waals surface area contributed by atoms with Gasteiger partial charge in [-0.05, 0) is 31.7 Å². The summed E-state index contributed by atoms with van der Waals surface area (Å²) in [5, 5.41) is 0. The molecule has 2 rings (SSSR count). The Balaban J connectivity index is 1.41. The molecular weight excluding hydrogens is 268 g/mol. The van der Waals surface area contributed by atoms with E-state index in [-0.39, 0.29) is 6.29 Å². The maximum absolute atomic E-state index is 5.58. The largest absolute Gasteiger partial charge is 0.377 e. The van der Waals surface area contributed by atoms with E-state index in [2.05, 4.69) is 31.2 Å². The van der Waals surface area contributed by atoms with Crippen molar-refractivity contribution in [1.29, 1.82) is 0 Å². The minimum Gasteiger partial charge on any atom is -0.377 e. The van der Waals surface area contributed by atoms with Crippen LogP contribution in [-0.2, 0) is 25.6 Å². The van der Waals surface area contributed by atoms with Crippen molar-refractivity contribution < 1.29 is 18.9 Å². The maximum Gasteiger partial charge on any atom is 0.157 e. The quantitative estimate of drug-likeness (QED) is 0.656. The second-order valence-corrected chi connectivity index (χ2v) is 5.32. The Morgan fingerprint density at radius 1 is 1.10 bits per heavy atom. The molecule has 0 radical (unpaired) electrons. The molecule has 0 N–H and O–H groups in total. The molecule has 1 heterocycles. The lowest BCUT2D eigenvalue weighted by Gasteiger charge is -2.22. The third-order valence-corrected chi connectivity index (χ3v) is 3.39. The van der Waals surface area contributed by atoms with Gasteiger partial charge in [-0.15, -0.1) is 0 Å². The van der Waals surface area contributed by atoms with Crippen LogP contribution in [0.25, 0.3) is 0 Å². The molecule has 118 valence electrons. The first kappa shape index (κ1) is 16.4. The smallest absolute Gasteiger partial charge is 0.157 e. The predicted molar refractivity (Wildman–Crippen MR) is 81.2 cm³/mol. The second-order valence-electron chi connectivity index (χ2n) is 5.32. The highest BCUT2D eigenvalue weighted by Gasteiger charge is 2.13. The number of ether oxygens (including phenoxy) is 4. The molecular formula is C17H26O4. The Labute approximate surface area is 127 Å². The molecule has 1 aliphatic rings. The van der Waals surface area contributed by atoms with Gasteiger partial charge in [0.25, 0.3) is 0 Å². The Morgan fingerprint density at radius 2 is 1.95 bits per heavy atom. The van der Waals surface area contributed by atoms with Gasteiger partial charge in [0.05, 0.1) is 33.0 Å². The van der Waals surface area contributed by atoms with E-state index in [4.69, 9.17) is 18.9 Å². The van der Waals surface area contributed by atoms with Crippen LogP contribution in [-0.4, -0.2) is 39.3 Å². The molecule has 0 aliphatic carbocycles. The predicted octanol–water partition coefficient (Wildman–Crippen LogP) is 3.07. The van der Waals surface area contributed by atoms with Gasteiger partial charge in [-0.3, -0.25) is 0 Å². The first-order chi connectivity index (χ1) is 10.3. The Morgan fingerprint density at radius 3 is 2.76 bits per heavy atom. The molecule has 4 nitrogen and oxygen atoms in total. The maximum atomic E-state index is 5.58. The fraction of sp³-hybridized carbons (Fsp3) is 0.647. The molecule has 0 saturated carbocycles. The molecule has 1 aromatic rings. The summed E-state index contributed by atoms with van der Waals surface area (Å²) in [5.41, 5.74) is 2.46. The summed E-state index contributed by atoms with van der Waals surface area (Å²) in [7, 11) is 0. The first-order valence-corrected chi connectivity index (χ1v) is 7.79. The normalized spacial score (nSPS) is 18.8. The van der Waals surface area contributed by atoms with Crippen LogP contribution in [0.1, 0.15) is 30.4 Å². The summed E-state index contributed by atoms with van der Waals surface area (Å²) in [5.74, 6) is 0. The zero-order valence-corrected chi connectivity index (χ0v) is 12.9. The van der Waals surface area contributed by atoms with Crippen LogP contribution >= 0.6 is 0 Å². The lowest BCUT2D eigenvalue weighted by Crippen LogP contribution is -2.24. The average Bonchev–Trinajstić information content (AvgIpc) is 2.51. The van der Waals surface area contributed by atoms with E-state index >= 15 is 0 Å². The zero-order chi connectivity index (χ0) is 14.8. The fourth-order valence-electron chi connectivity index (χ4n) is 2.29. The van der Waals surface area contributed by atoms with Crippen molar-refractivity contribution in [3.63, 3.8) is 0 Å². The highest BCUT2D eigenvalue weighted by Crippen LogP contribution is 2.13. The SMILES string of the molecule is Cc1cccc(COCCOCCOC2CCCCO2)c1. The molecule has 21 heavy (non-hydrogen) atoms. The Hall–Kier alpha value is -0.940. The van der Waals surface area contributed by atoms with E-state index in [1.807, 2.05) is 0 Å². The molecule has 1 unspecified atom stereocenters. The van der Waals surface area contributed by atoms with Crippen molar-refractivity contribution in [2.24, 2.45) is 0 Å². The number of aryl methyl sites for hydroxylation is 1. The van der Waals surface area contributed by atoms with E-state index in [0.29, 0.717) is 33.0 Å². The summed E-state index contributed by atoms with van der Waals surface area (Å²) in [4.78, 5) is 0. The zero-order valence-electron chi connectivity index (χ0n) is 12.9. The molecule has 0 spiro atoms. The van der Waals surface area contributed by atoms with Crippen molar-refractivity contribution in [1.82, 2.24) is 0 Å². The summed E-state index contributed by atoms with van der Waals surface area (Å²) in [6.45, 7) is 5.92. The third-order valence-electron chi connectivity index (χ3n) is 3.39. The van der Waals surface area contributed by atoms with Gasteiger partial charge in [-0.2, -0.15) is 0 Å². The van der Waals surface area contributed by atoms with Gasteiger partial charge in [0, 0.05) is 6.61 Å². The summed E-state index contributed by atoms with van der Waals surface area (Å²) in [6.07, 6.45) is 3.31. The molecule has 0 aromatic heterocycles. The molecule has 1 saturated heterocycles. The molecule has 1 aromatic carbocycles. The molecule has 1 atom stereocenters. The van der Waals surface area contributed by atoms with Crippen molar-refractivity contribution in [3.8, 4) is 0 Å². The highest BCUT2D eigenvalue weighted by atomic mass is 16.7. The number of rotatable bonds is 9. The van der Waals surface area contributed by atoms with Gasteiger partial charge in [0.2, 0.25) is 0 Å². The van der Waals surface area contributed by atoms with Crippen LogP contribution in [0.2, 0.25) is 0 Å². The van der Waals surface area contributed by atoms with Crippen LogP contribution in [0.15, 0.2) is 24.3 Å². The minimum atomic E-state index is -0.0279. The molecule has 0 amide bonds. The average molecular weight is 294 g/mol. The van der Waals surface area contributed by atoms with Gasteiger partial charge in [0.1, 0.15) is 0 Å². The van der Waals surface area contributed by atoms with Crippen molar-refractivity contribution >= 4 is 0 Å². The number of hydrogen-bond acceptors (Lipinski definition) is 4. The van der Waals surface area contributed by atoms with Crippen LogP contribution in [0.4, 0.5) is 0 Å². The molecule has 1 aliphatic heterocycles. The molecule has 1 fully saturated rings. The minimum absolute atomic E-state index is 0.0279. The van der Waals surface area contributed by atoms with E-state index in [1.54, 1.807) is 0 Å². The van der Waals surface area contributed by atoms with Gasteiger partial charge >= 0.3 is 0 Å². The number of hydrogen-bond donors (Lipinski definition) is 0. The third kappa shape index (κ3) is 7.05. The highest BCUT2D eigenvalue weighted by molar-refractivity contribution is 5.21. The second kappa shape index (κ2) is 9.90. The lowest BCUT2D eigenvalue weighted by atomic mass is 10.1. The van der Waals surface area contributed by atoms with Gasteiger partial charge in [-0.1, -0.05) is 29.8 Å². The Kier molecular flexibility index (Phi) is 7.75. The number of benzene rings is 1. The van der Waals surface area contributed by atoms with Crippen molar-refractivity contribution in [3.05, 3.63) is 35.4 Å². The van der Waals surface area contributed by atoms with Crippen molar-refractivity contribution in [2.45, 2.75) is 39.1 Å². The topological polar surface area (TPSA) is 36.9 Å². The summed E-state index contributed by atoms with van der Waals surface area (Å²) >= 11 is 0. The monoisotopic (exact) mass is 294 g/mol. The van der Waals surface area contributed by atoms with Crippen LogP contribution in [0, 0.1) is 6.92 Å². The van der Waals surface area contributed by atoms with Crippen molar-refractivity contribution in [2.75, 3.05) is 33.0 Å². The van der Waals surface area contributed by atoms with E-state index in [9.17, 15) is 0 Å². The van der Waals surface area contributed by atoms with Gasteiger partial charge in [-0.25, -0.2) is 0 Å². The summed E-state index contributed by atoms with van der Waals surface area (Å²) in [6, 6.07) is 8.35. The van der Waals surface area contributed by atoms with E-state index in [0.717, 1.165) is 19.4 Å². The molecule has 4 heteroatoms. The molecule has 0 bridgehead atoms. The lowest BCUT2D eigenvalue weighted by molar-refractivity contribution is -0.169. The Bertz CT molecular complexity index is 388.